The Bertz CT molecular complexity index is 1180. The maximum Gasteiger partial charge on any atom is 0.279 e. The van der Waals surface area contributed by atoms with Crippen molar-refractivity contribution >= 4 is 21.6 Å². The third-order valence-electron chi connectivity index (χ3n) is 4.05. The second-order valence-corrected chi connectivity index (χ2v) is 7.51. The lowest BCUT2D eigenvalue weighted by Crippen LogP contribution is -2.24. The molecule has 136 valence electrons. The zero-order chi connectivity index (χ0) is 18.8. The predicted molar refractivity (Wildman–Crippen MR) is 103 cm³/mol. The Morgan fingerprint density at radius 3 is 2.48 bits per heavy atom. The van der Waals surface area contributed by atoms with Gasteiger partial charge in [0, 0.05) is 22.4 Å². The minimum atomic E-state index is -1.08. The SMILES string of the molecule is CS(=O)Cc1noc(-c2nn(Cc3ccccc3)c(=O)c3ccccc23)n1. The molecule has 7 nitrogen and oxygen atoms in total. The Morgan fingerprint density at radius 1 is 1.04 bits per heavy atom. The van der Waals surface area contributed by atoms with E-state index in [0.717, 1.165) is 5.56 Å². The molecule has 0 aliphatic heterocycles. The van der Waals surface area contributed by atoms with E-state index in [0.29, 0.717) is 28.8 Å². The van der Waals surface area contributed by atoms with Crippen molar-refractivity contribution in [3.63, 3.8) is 0 Å². The van der Waals surface area contributed by atoms with Crippen LogP contribution in [0.1, 0.15) is 11.4 Å². The molecule has 0 aliphatic rings. The van der Waals surface area contributed by atoms with E-state index in [1.807, 2.05) is 36.4 Å². The first kappa shape index (κ1) is 17.3. The molecule has 8 heteroatoms. The average molecular weight is 380 g/mol. The van der Waals surface area contributed by atoms with Gasteiger partial charge in [0.05, 0.1) is 17.7 Å². The van der Waals surface area contributed by atoms with Gasteiger partial charge in [-0.1, -0.05) is 53.7 Å². The standard InChI is InChI=1S/C19H16N4O3S/c1-27(25)12-16-20-18(26-22-16)17-14-9-5-6-10-15(14)19(24)23(21-17)11-13-7-3-2-4-8-13/h2-10H,11-12H2,1H3. The van der Waals surface area contributed by atoms with Gasteiger partial charge >= 0.3 is 0 Å². The summed E-state index contributed by atoms with van der Waals surface area (Å²) in [5.74, 6) is 0.747. The van der Waals surface area contributed by atoms with E-state index in [9.17, 15) is 9.00 Å². The van der Waals surface area contributed by atoms with E-state index in [1.54, 1.807) is 24.5 Å². The summed E-state index contributed by atoms with van der Waals surface area (Å²) in [6, 6.07) is 16.8. The van der Waals surface area contributed by atoms with Crippen LogP contribution >= 0.6 is 0 Å². The molecule has 0 N–H and O–H groups in total. The van der Waals surface area contributed by atoms with Gasteiger partial charge in [0.1, 0.15) is 0 Å². The lowest BCUT2D eigenvalue weighted by atomic mass is 10.1. The second-order valence-electron chi connectivity index (χ2n) is 6.08. The van der Waals surface area contributed by atoms with Crippen LogP contribution in [-0.2, 0) is 23.1 Å². The monoisotopic (exact) mass is 380 g/mol. The van der Waals surface area contributed by atoms with Gasteiger partial charge < -0.3 is 4.52 Å². The van der Waals surface area contributed by atoms with Gasteiger partial charge in [-0.3, -0.25) is 9.00 Å². The molecule has 0 aliphatic carbocycles. The van der Waals surface area contributed by atoms with Crippen molar-refractivity contribution in [1.82, 2.24) is 19.9 Å². The Balaban J connectivity index is 1.86. The summed E-state index contributed by atoms with van der Waals surface area (Å²) in [6.07, 6.45) is 1.57. The fraction of sp³-hybridized carbons (Fsp3) is 0.158. The molecule has 0 fully saturated rings. The number of hydrogen-bond acceptors (Lipinski definition) is 6. The van der Waals surface area contributed by atoms with Gasteiger partial charge in [0.25, 0.3) is 11.4 Å². The number of fused-ring (bicyclic) bond motifs is 1. The molecule has 2 aromatic carbocycles. The molecule has 2 aromatic heterocycles. The Kier molecular flexibility index (Phi) is 4.64. The summed E-state index contributed by atoms with van der Waals surface area (Å²) in [5.41, 5.74) is 1.20. The van der Waals surface area contributed by atoms with Crippen molar-refractivity contribution in [3.8, 4) is 11.6 Å². The first-order valence-electron chi connectivity index (χ1n) is 8.28. The summed E-state index contributed by atoms with van der Waals surface area (Å²) in [5, 5.41) is 9.52. The molecular formula is C19H16N4O3S. The van der Waals surface area contributed by atoms with Crippen molar-refractivity contribution in [2.75, 3.05) is 6.26 Å². The molecule has 2 heterocycles. The summed E-state index contributed by atoms with van der Waals surface area (Å²) >= 11 is 0. The van der Waals surface area contributed by atoms with Crippen molar-refractivity contribution in [3.05, 3.63) is 76.3 Å². The van der Waals surface area contributed by atoms with E-state index >= 15 is 0 Å². The number of nitrogens with zero attached hydrogens (tertiary/aromatic N) is 4. The molecule has 1 atom stereocenters. The highest BCUT2D eigenvalue weighted by Gasteiger charge is 2.18. The topological polar surface area (TPSA) is 90.9 Å². The first-order chi connectivity index (χ1) is 13.1. The summed E-state index contributed by atoms with van der Waals surface area (Å²) in [6.45, 7) is 0.331. The second kappa shape index (κ2) is 7.24. The van der Waals surface area contributed by atoms with Crippen LogP contribution in [0.4, 0.5) is 0 Å². The average Bonchev–Trinajstić information content (AvgIpc) is 3.12. The molecule has 0 radical (unpaired) electrons. The van der Waals surface area contributed by atoms with E-state index in [1.165, 1.54) is 4.68 Å². The Labute approximate surface area is 157 Å². The van der Waals surface area contributed by atoms with Crippen molar-refractivity contribution in [2.24, 2.45) is 0 Å². The van der Waals surface area contributed by atoms with Gasteiger partial charge in [-0.15, -0.1) is 0 Å². The number of aromatic nitrogens is 4. The van der Waals surface area contributed by atoms with E-state index in [4.69, 9.17) is 4.52 Å². The van der Waals surface area contributed by atoms with Crippen LogP contribution < -0.4 is 5.56 Å². The van der Waals surface area contributed by atoms with Gasteiger partial charge in [0.2, 0.25) is 0 Å². The molecule has 1 unspecified atom stereocenters. The number of hydrogen-bond donors (Lipinski definition) is 0. The molecule has 0 bridgehead atoms. The molecule has 4 rings (SSSR count). The van der Waals surface area contributed by atoms with Crippen LogP contribution in [0.15, 0.2) is 63.9 Å². The first-order valence-corrected chi connectivity index (χ1v) is 10.0. The highest BCUT2D eigenvalue weighted by Crippen LogP contribution is 2.23. The maximum absolute atomic E-state index is 12.9. The minimum absolute atomic E-state index is 0.187. The fourth-order valence-electron chi connectivity index (χ4n) is 2.85. The fourth-order valence-corrected chi connectivity index (χ4v) is 3.33. The minimum Gasteiger partial charge on any atom is -0.332 e. The zero-order valence-electron chi connectivity index (χ0n) is 14.5. The van der Waals surface area contributed by atoms with Gasteiger partial charge in [0.15, 0.2) is 11.5 Å². The predicted octanol–water partition coefficient (Wildman–Crippen LogP) is 2.37. The molecule has 0 saturated carbocycles. The zero-order valence-corrected chi connectivity index (χ0v) is 15.3. The van der Waals surface area contributed by atoms with E-state index < -0.39 is 10.8 Å². The van der Waals surface area contributed by atoms with E-state index in [-0.39, 0.29) is 17.2 Å². The maximum atomic E-state index is 12.9. The van der Waals surface area contributed by atoms with Gasteiger partial charge in [-0.2, -0.15) is 10.1 Å². The normalized spacial score (nSPS) is 12.3. The van der Waals surface area contributed by atoms with Crippen LogP contribution in [0.5, 0.6) is 0 Å². The van der Waals surface area contributed by atoms with Crippen LogP contribution in [0, 0.1) is 0 Å². The van der Waals surface area contributed by atoms with Crippen molar-refractivity contribution in [1.29, 1.82) is 0 Å². The highest BCUT2D eigenvalue weighted by atomic mass is 32.2. The summed E-state index contributed by atoms with van der Waals surface area (Å²) in [7, 11) is -1.08. The molecule has 0 spiro atoms. The molecule has 27 heavy (non-hydrogen) atoms. The highest BCUT2D eigenvalue weighted by molar-refractivity contribution is 7.83. The Morgan fingerprint density at radius 2 is 1.74 bits per heavy atom. The largest absolute Gasteiger partial charge is 0.332 e. The van der Waals surface area contributed by atoms with Crippen LogP contribution in [0.3, 0.4) is 0 Å². The Hall–Kier alpha value is -3.13. The molecule has 4 aromatic rings. The van der Waals surface area contributed by atoms with Gasteiger partial charge in [-0.25, -0.2) is 4.68 Å². The van der Waals surface area contributed by atoms with Crippen LogP contribution in [0.2, 0.25) is 0 Å². The van der Waals surface area contributed by atoms with Crippen molar-refractivity contribution < 1.29 is 8.73 Å². The summed E-state index contributed by atoms with van der Waals surface area (Å²) < 4.78 is 18.1. The third kappa shape index (κ3) is 3.56. The molecule has 0 saturated heterocycles. The lowest BCUT2D eigenvalue weighted by Gasteiger charge is -2.09. The smallest absolute Gasteiger partial charge is 0.279 e. The molecule has 0 amide bonds. The van der Waals surface area contributed by atoms with E-state index in [2.05, 4.69) is 15.2 Å². The third-order valence-corrected chi connectivity index (χ3v) is 4.71. The van der Waals surface area contributed by atoms with Crippen LogP contribution in [-0.4, -0.2) is 30.4 Å². The molecular weight excluding hydrogens is 364 g/mol. The summed E-state index contributed by atoms with van der Waals surface area (Å²) in [4.78, 5) is 17.2. The van der Waals surface area contributed by atoms with Crippen molar-refractivity contribution in [2.45, 2.75) is 12.3 Å². The quantitative estimate of drug-likeness (QED) is 0.528. The lowest BCUT2D eigenvalue weighted by molar-refractivity contribution is 0.422. The number of rotatable bonds is 5. The van der Waals surface area contributed by atoms with Crippen LogP contribution in [0.25, 0.3) is 22.4 Å². The number of benzene rings is 2. The van der Waals surface area contributed by atoms with Gasteiger partial charge in [-0.05, 0) is 11.6 Å².